The van der Waals surface area contributed by atoms with E-state index in [-0.39, 0.29) is 40.3 Å². The largest absolute Gasteiger partial charge is 0.507 e. The summed E-state index contributed by atoms with van der Waals surface area (Å²) in [5, 5.41) is 53.7. The molecule has 0 amide bonds. The number of nitrogens with two attached hydrogens (primary N) is 1. The molecular weight excluding hydrogens is 514 g/mol. The smallest absolute Gasteiger partial charge is 0.202 e. The molecule has 1 saturated heterocycles. The fourth-order valence-electron chi connectivity index (χ4n) is 5.74. The van der Waals surface area contributed by atoms with Crippen molar-refractivity contribution in [1.82, 2.24) is 0 Å². The molecule has 1 fully saturated rings. The van der Waals surface area contributed by atoms with Gasteiger partial charge in [0.1, 0.15) is 35.7 Å². The van der Waals surface area contributed by atoms with Gasteiger partial charge < -0.3 is 45.5 Å². The number of phenolic OH excluding ortho intramolecular Hbond substituents is 2. The van der Waals surface area contributed by atoms with E-state index in [9.17, 15) is 39.9 Å². The van der Waals surface area contributed by atoms with E-state index in [4.69, 9.17) is 19.9 Å². The second-order valence-electron chi connectivity index (χ2n) is 10.2. The van der Waals surface area contributed by atoms with Gasteiger partial charge in [0.25, 0.3) is 0 Å². The molecule has 5 rings (SSSR count). The van der Waals surface area contributed by atoms with E-state index < -0.39 is 89.8 Å². The van der Waals surface area contributed by atoms with Crippen LogP contribution in [0.5, 0.6) is 17.2 Å². The maximum atomic E-state index is 13.6. The van der Waals surface area contributed by atoms with Crippen molar-refractivity contribution < 1.29 is 54.1 Å². The molecule has 0 radical (unpaired) electrons. The number of rotatable bonds is 5. The minimum Gasteiger partial charge on any atom is -0.507 e. The maximum absolute atomic E-state index is 13.6. The van der Waals surface area contributed by atoms with Crippen molar-refractivity contribution in [2.45, 2.75) is 56.5 Å². The molecule has 0 unspecified atom stereocenters. The van der Waals surface area contributed by atoms with Gasteiger partial charge in [0.05, 0.1) is 36.0 Å². The summed E-state index contributed by atoms with van der Waals surface area (Å²) in [4.78, 5) is 39.7. The third kappa shape index (κ3) is 4.11. The highest BCUT2D eigenvalue weighted by Crippen LogP contribution is 2.52. The van der Waals surface area contributed by atoms with Gasteiger partial charge in [-0.25, -0.2) is 0 Å². The molecule has 2 aromatic carbocycles. The average molecular weight is 544 g/mol. The Balaban J connectivity index is 1.69. The summed E-state index contributed by atoms with van der Waals surface area (Å²) in [7, 11) is 1.32. The zero-order valence-electron chi connectivity index (χ0n) is 21.2. The summed E-state index contributed by atoms with van der Waals surface area (Å²) >= 11 is 0. The Morgan fingerprint density at radius 2 is 1.85 bits per heavy atom. The predicted molar refractivity (Wildman–Crippen MR) is 131 cm³/mol. The van der Waals surface area contributed by atoms with Crippen LogP contribution in [-0.4, -0.2) is 80.8 Å². The molecule has 208 valence electrons. The summed E-state index contributed by atoms with van der Waals surface area (Å²) in [6, 6.07) is 4.36. The van der Waals surface area contributed by atoms with Crippen LogP contribution in [-0.2, 0) is 20.7 Å². The first-order valence-electron chi connectivity index (χ1n) is 12.4. The van der Waals surface area contributed by atoms with E-state index >= 15 is 0 Å². The summed E-state index contributed by atoms with van der Waals surface area (Å²) in [6.07, 6.45) is -5.36. The highest BCUT2D eigenvalue weighted by molar-refractivity contribution is 6.31. The number of methoxy groups -OCH3 is 1. The number of carbonyl (C=O) groups excluding carboxylic acids is 3. The molecule has 1 aliphatic heterocycles. The molecule has 39 heavy (non-hydrogen) atoms. The van der Waals surface area contributed by atoms with Crippen LogP contribution in [0.1, 0.15) is 68.8 Å². The maximum Gasteiger partial charge on any atom is 0.202 e. The quantitative estimate of drug-likeness (QED) is 0.239. The van der Waals surface area contributed by atoms with E-state index in [1.807, 2.05) is 0 Å². The number of aliphatic hydroxyl groups excluding tert-OH is 2. The number of carbonyl (C=O) groups is 3. The highest BCUT2D eigenvalue weighted by Gasteiger charge is 2.50. The standard InChI is InChI=1S/C27H29NO11/c1-10-6-16(39-26(28)21(10)31)38-14-8-27(36,15(30)9-29)7-12-18(14)25(35)20-19(23(12)33)22(32)11-4-3-5-13(37-2)17(11)24(20)34/h3-5,10,14,16,21,26,29,31,33,35-36H,6-9,28H2,1-2H3/t10-,14+,16+,21+,26+,27+/m1/s1. The van der Waals surface area contributed by atoms with Crippen LogP contribution in [0.15, 0.2) is 18.2 Å². The molecule has 7 N–H and O–H groups in total. The Hall–Kier alpha value is -3.39. The molecule has 12 nitrogen and oxygen atoms in total. The van der Waals surface area contributed by atoms with Crippen molar-refractivity contribution in [2.75, 3.05) is 13.7 Å². The van der Waals surface area contributed by atoms with Crippen molar-refractivity contribution in [1.29, 1.82) is 0 Å². The molecule has 0 aromatic heterocycles. The Morgan fingerprint density at radius 3 is 2.49 bits per heavy atom. The van der Waals surface area contributed by atoms with Crippen LogP contribution in [0, 0.1) is 5.92 Å². The van der Waals surface area contributed by atoms with Crippen LogP contribution in [0.3, 0.4) is 0 Å². The van der Waals surface area contributed by atoms with Crippen molar-refractivity contribution >= 4 is 17.3 Å². The molecular formula is C27H29NO11. The number of benzene rings is 2. The molecule has 0 saturated carbocycles. The van der Waals surface area contributed by atoms with E-state index in [1.54, 1.807) is 6.92 Å². The second kappa shape index (κ2) is 9.66. The van der Waals surface area contributed by atoms with Crippen molar-refractivity contribution in [3.8, 4) is 17.2 Å². The number of aliphatic hydroxyl groups is 3. The molecule has 0 spiro atoms. The number of phenols is 2. The van der Waals surface area contributed by atoms with Gasteiger partial charge in [0.15, 0.2) is 17.9 Å². The zero-order chi connectivity index (χ0) is 28.4. The fraction of sp³-hybridized carbons (Fsp3) is 0.444. The van der Waals surface area contributed by atoms with Crippen molar-refractivity contribution in [3.05, 3.63) is 51.6 Å². The minimum absolute atomic E-state index is 0.0519. The van der Waals surface area contributed by atoms with Crippen molar-refractivity contribution in [2.24, 2.45) is 11.7 Å². The lowest BCUT2D eigenvalue weighted by molar-refractivity contribution is -0.258. The van der Waals surface area contributed by atoms with Gasteiger partial charge in [-0.15, -0.1) is 0 Å². The summed E-state index contributed by atoms with van der Waals surface area (Å²) in [5.74, 6) is -4.13. The summed E-state index contributed by atoms with van der Waals surface area (Å²) in [5.41, 5.74) is 2.23. The lowest BCUT2D eigenvalue weighted by Gasteiger charge is -2.42. The Bertz CT molecular complexity index is 1380. The first kappa shape index (κ1) is 27.2. The van der Waals surface area contributed by atoms with Gasteiger partial charge >= 0.3 is 0 Å². The molecule has 1 heterocycles. The van der Waals surface area contributed by atoms with Crippen LogP contribution in [0.4, 0.5) is 0 Å². The number of hydrogen-bond acceptors (Lipinski definition) is 12. The number of ketones is 3. The van der Waals surface area contributed by atoms with E-state index in [2.05, 4.69) is 0 Å². The molecule has 6 atom stereocenters. The van der Waals surface area contributed by atoms with E-state index in [1.165, 1.54) is 25.3 Å². The third-order valence-electron chi connectivity index (χ3n) is 7.85. The van der Waals surface area contributed by atoms with Gasteiger partial charge in [-0.2, -0.15) is 0 Å². The van der Waals surface area contributed by atoms with Crippen LogP contribution >= 0.6 is 0 Å². The first-order valence-corrected chi connectivity index (χ1v) is 12.4. The monoisotopic (exact) mass is 543 g/mol. The number of hydrogen-bond donors (Lipinski definition) is 6. The summed E-state index contributed by atoms with van der Waals surface area (Å²) < 4.78 is 16.8. The van der Waals surface area contributed by atoms with Gasteiger partial charge in [-0.3, -0.25) is 14.4 Å². The topological polar surface area (TPSA) is 206 Å². The normalized spacial score (nSPS) is 29.8. The van der Waals surface area contributed by atoms with Gasteiger partial charge in [0, 0.05) is 36.0 Å². The van der Waals surface area contributed by atoms with Gasteiger partial charge in [-0.05, 0) is 12.0 Å². The third-order valence-corrected chi connectivity index (χ3v) is 7.85. The van der Waals surface area contributed by atoms with Crippen LogP contribution < -0.4 is 10.5 Å². The van der Waals surface area contributed by atoms with E-state index in [0.717, 1.165) is 0 Å². The minimum atomic E-state index is -2.24. The number of ether oxygens (including phenoxy) is 3. The highest BCUT2D eigenvalue weighted by atomic mass is 16.7. The molecule has 12 heteroatoms. The first-order chi connectivity index (χ1) is 18.4. The Morgan fingerprint density at radius 1 is 1.15 bits per heavy atom. The van der Waals surface area contributed by atoms with E-state index in [0.29, 0.717) is 0 Å². The average Bonchev–Trinajstić information content (AvgIpc) is 2.90. The van der Waals surface area contributed by atoms with Gasteiger partial charge in [-0.1, -0.05) is 19.1 Å². The number of fused-ring (bicyclic) bond motifs is 3. The Kier molecular flexibility index (Phi) is 6.74. The molecule has 3 aliphatic rings. The fourth-order valence-corrected chi connectivity index (χ4v) is 5.74. The lowest BCUT2D eigenvalue weighted by atomic mass is 9.72. The van der Waals surface area contributed by atoms with Crippen molar-refractivity contribution in [3.63, 3.8) is 0 Å². The van der Waals surface area contributed by atoms with Crippen LogP contribution in [0.2, 0.25) is 0 Å². The molecule has 2 aliphatic carbocycles. The Labute approximate surface area is 222 Å². The molecule has 0 bridgehead atoms. The zero-order valence-corrected chi connectivity index (χ0v) is 21.2. The number of Topliss-reactive ketones (excluding diaryl/α,β-unsaturated/α-hetero) is 1. The second-order valence-corrected chi connectivity index (χ2v) is 10.2. The SMILES string of the molecule is COc1cccc2c1C(=O)c1c(O)c3c(c(O)c1C2=O)C[C@@](O)(C(=O)CO)C[C@@H]3O[C@@H]1C[C@@H](C)[C@H](O)[C@@H](N)O1. The summed E-state index contributed by atoms with van der Waals surface area (Å²) in [6.45, 7) is 0.702. The predicted octanol–water partition coefficient (Wildman–Crippen LogP) is 0.206. The number of aromatic hydroxyl groups is 2. The molecule has 2 aromatic rings. The lowest BCUT2D eigenvalue weighted by Crippen LogP contribution is -2.51. The van der Waals surface area contributed by atoms with Crippen LogP contribution in [0.25, 0.3) is 0 Å². The van der Waals surface area contributed by atoms with Gasteiger partial charge in [0.2, 0.25) is 5.78 Å².